The van der Waals surface area contributed by atoms with E-state index < -0.39 is 0 Å². The summed E-state index contributed by atoms with van der Waals surface area (Å²) in [5, 5.41) is 9.88. The van der Waals surface area contributed by atoms with E-state index in [1.807, 2.05) is 31.3 Å². The molecule has 0 aliphatic heterocycles. The molecule has 3 rings (SSSR count). The maximum absolute atomic E-state index is 9.52. The summed E-state index contributed by atoms with van der Waals surface area (Å²) in [7, 11) is 2.01. The summed E-state index contributed by atoms with van der Waals surface area (Å²) in [4.78, 5) is 4.72. The molecule has 0 aliphatic rings. The number of para-hydroxylation sites is 2. The molecule has 1 aromatic heterocycles. The molecule has 5 heteroatoms. The fourth-order valence-electron chi connectivity index (χ4n) is 2.77. The van der Waals surface area contributed by atoms with Gasteiger partial charge in [0.1, 0.15) is 11.6 Å². The van der Waals surface area contributed by atoms with Crippen molar-refractivity contribution in [3.05, 3.63) is 58.9 Å². The maximum Gasteiger partial charge on any atom is 0.134 e. The summed E-state index contributed by atoms with van der Waals surface area (Å²) in [6.45, 7) is 0.496. The van der Waals surface area contributed by atoms with Crippen molar-refractivity contribution in [3.8, 4) is 5.75 Å². The smallest absolute Gasteiger partial charge is 0.134 e. The van der Waals surface area contributed by atoms with Crippen molar-refractivity contribution >= 4 is 22.6 Å². The topological polar surface area (TPSA) is 64.1 Å². The van der Waals surface area contributed by atoms with Gasteiger partial charge in [-0.15, -0.1) is 0 Å². The summed E-state index contributed by atoms with van der Waals surface area (Å²) in [6.07, 6.45) is 0.730. The van der Waals surface area contributed by atoms with Gasteiger partial charge in [-0.3, -0.25) is 0 Å². The fourth-order valence-corrected chi connectivity index (χ4v) is 2.97. The SMILES string of the molecule is Cn1c(C(CN)Cc2ccc(O)c(Cl)c2)nc2ccccc21. The molecule has 0 radical (unpaired) electrons. The lowest BCUT2D eigenvalue weighted by Crippen LogP contribution is -2.18. The number of hydrogen-bond donors (Lipinski definition) is 2. The zero-order valence-corrected chi connectivity index (χ0v) is 13.1. The molecular formula is C17H18ClN3O. The van der Waals surface area contributed by atoms with Gasteiger partial charge in [0.2, 0.25) is 0 Å². The standard InChI is InChI=1S/C17H18ClN3O/c1-21-15-5-3-2-4-14(15)20-17(21)12(10-19)8-11-6-7-16(22)13(18)9-11/h2-7,9,12,22H,8,10,19H2,1H3. The highest BCUT2D eigenvalue weighted by molar-refractivity contribution is 6.32. The number of hydrogen-bond acceptors (Lipinski definition) is 3. The molecular weight excluding hydrogens is 298 g/mol. The van der Waals surface area contributed by atoms with E-state index >= 15 is 0 Å². The van der Waals surface area contributed by atoms with Crippen LogP contribution < -0.4 is 5.73 Å². The molecule has 1 heterocycles. The van der Waals surface area contributed by atoms with Crippen LogP contribution in [0.2, 0.25) is 5.02 Å². The van der Waals surface area contributed by atoms with Crippen LogP contribution in [-0.4, -0.2) is 21.2 Å². The second-order valence-corrected chi connectivity index (χ2v) is 5.85. The Morgan fingerprint density at radius 3 is 2.73 bits per heavy atom. The minimum absolute atomic E-state index is 0.0949. The number of benzene rings is 2. The third-order valence-electron chi connectivity index (χ3n) is 3.97. The third kappa shape index (κ3) is 2.67. The Balaban J connectivity index is 1.95. The minimum Gasteiger partial charge on any atom is -0.506 e. The average Bonchev–Trinajstić information content (AvgIpc) is 2.86. The Labute approximate surface area is 134 Å². The first kappa shape index (κ1) is 14.9. The maximum atomic E-state index is 9.52. The normalized spacial score (nSPS) is 12.7. The largest absolute Gasteiger partial charge is 0.506 e. The van der Waals surface area contributed by atoms with E-state index in [-0.39, 0.29) is 11.7 Å². The predicted molar refractivity (Wildman–Crippen MR) is 89.3 cm³/mol. The van der Waals surface area contributed by atoms with E-state index in [0.29, 0.717) is 11.6 Å². The first-order valence-corrected chi connectivity index (χ1v) is 7.56. The van der Waals surface area contributed by atoms with Gasteiger partial charge in [-0.2, -0.15) is 0 Å². The summed E-state index contributed by atoms with van der Waals surface area (Å²) in [6, 6.07) is 13.3. The Bertz CT molecular complexity index is 813. The number of nitrogens with zero attached hydrogens (tertiary/aromatic N) is 2. The number of aromatic nitrogens is 2. The number of rotatable bonds is 4. The van der Waals surface area contributed by atoms with E-state index in [4.69, 9.17) is 22.3 Å². The van der Waals surface area contributed by atoms with Crippen LogP contribution in [0.1, 0.15) is 17.3 Å². The van der Waals surface area contributed by atoms with Crippen molar-refractivity contribution in [1.82, 2.24) is 9.55 Å². The third-order valence-corrected chi connectivity index (χ3v) is 4.27. The summed E-state index contributed by atoms with van der Waals surface area (Å²) >= 11 is 5.98. The second kappa shape index (κ2) is 5.99. The number of fused-ring (bicyclic) bond motifs is 1. The van der Waals surface area contributed by atoms with Crippen LogP contribution in [0.15, 0.2) is 42.5 Å². The minimum atomic E-state index is 0.0949. The second-order valence-electron chi connectivity index (χ2n) is 5.44. The fraction of sp³-hybridized carbons (Fsp3) is 0.235. The van der Waals surface area contributed by atoms with E-state index in [1.54, 1.807) is 12.1 Å². The highest BCUT2D eigenvalue weighted by Crippen LogP contribution is 2.28. The molecule has 3 N–H and O–H groups in total. The molecule has 0 fully saturated rings. The molecule has 0 bridgehead atoms. The number of aryl methyl sites for hydroxylation is 1. The van der Waals surface area contributed by atoms with Crippen molar-refractivity contribution in [2.75, 3.05) is 6.54 Å². The molecule has 0 spiro atoms. The Morgan fingerprint density at radius 2 is 2.05 bits per heavy atom. The Hall–Kier alpha value is -2.04. The number of phenols is 1. The summed E-state index contributed by atoms with van der Waals surface area (Å²) < 4.78 is 2.09. The van der Waals surface area contributed by atoms with Crippen molar-refractivity contribution in [2.24, 2.45) is 12.8 Å². The molecule has 4 nitrogen and oxygen atoms in total. The summed E-state index contributed by atoms with van der Waals surface area (Å²) in [5.41, 5.74) is 9.08. The van der Waals surface area contributed by atoms with Gasteiger partial charge in [-0.05, 0) is 36.2 Å². The summed E-state index contributed by atoms with van der Waals surface area (Å²) in [5.74, 6) is 1.16. The lowest BCUT2D eigenvalue weighted by atomic mass is 9.98. The van der Waals surface area contributed by atoms with E-state index in [9.17, 15) is 5.11 Å². The molecule has 0 saturated carbocycles. The Kier molecular flexibility index (Phi) is 4.05. The van der Waals surface area contributed by atoms with Crippen molar-refractivity contribution in [2.45, 2.75) is 12.3 Å². The van der Waals surface area contributed by atoms with Gasteiger partial charge in [0, 0.05) is 19.5 Å². The number of halogens is 1. The van der Waals surface area contributed by atoms with Gasteiger partial charge in [-0.1, -0.05) is 29.8 Å². The van der Waals surface area contributed by atoms with E-state index in [2.05, 4.69) is 10.6 Å². The van der Waals surface area contributed by atoms with Crippen LogP contribution in [0, 0.1) is 0 Å². The first-order valence-electron chi connectivity index (χ1n) is 7.19. The van der Waals surface area contributed by atoms with Gasteiger partial charge in [0.15, 0.2) is 0 Å². The van der Waals surface area contributed by atoms with Gasteiger partial charge in [-0.25, -0.2) is 4.98 Å². The molecule has 2 aromatic carbocycles. The zero-order chi connectivity index (χ0) is 15.7. The van der Waals surface area contributed by atoms with Crippen LogP contribution in [0.3, 0.4) is 0 Å². The van der Waals surface area contributed by atoms with Crippen molar-refractivity contribution in [3.63, 3.8) is 0 Å². The lowest BCUT2D eigenvalue weighted by molar-refractivity contribution is 0.475. The van der Waals surface area contributed by atoms with Gasteiger partial charge < -0.3 is 15.4 Å². The molecule has 114 valence electrons. The van der Waals surface area contributed by atoms with Crippen LogP contribution in [0.25, 0.3) is 11.0 Å². The first-order chi connectivity index (χ1) is 10.6. The Morgan fingerprint density at radius 1 is 1.27 bits per heavy atom. The molecule has 22 heavy (non-hydrogen) atoms. The number of nitrogens with two attached hydrogens (primary N) is 1. The van der Waals surface area contributed by atoms with Crippen molar-refractivity contribution < 1.29 is 5.11 Å². The average molecular weight is 316 g/mol. The lowest BCUT2D eigenvalue weighted by Gasteiger charge is -2.15. The van der Waals surface area contributed by atoms with Gasteiger partial charge >= 0.3 is 0 Å². The van der Waals surface area contributed by atoms with Crippen LogP contribution >= 0.6 is 11.6 Å². The van der Waals surface area contributed by atoms with Gasteiger partial charge in [0.05, 0.1) is 16.1 Å². The number of imidazole rings is 1. The highest BCUT2D eigenvalue weighted by Gasteiger charge is 2.18. The quantitative estimate of drug-likeness (QED) is 0.777. The molecule has 1 unspecified atom stereocenters. The highest BCUT2D eigenvalue weighted by atomic mass is 35.5. The molecule has 0 saturated heterocycles. The van der Waals surface area contributed by atoms with Crippen LogP contribution in [0.5, 0.6) is 5.75 Å². The number of aromatic hydroxyl groups is 1. The number of phenolic OH excluding ortho intramolecular Hbond substituents is 1. The van der Waals surface area contributed by atoms with E-state index in [1.165, 1.54) is 0 Å². The van der Waals surface area contributed by atoms with Crippen LogP contribution in [0.4, 0.5) is 0 Å². The predicted octanol–water partition coefficient (Wildman–Crippen LogP) is 3.22. The molecule has 0 amide bonds. The molecule has 0 aliphatic carbocycles. The van der Waals surface area contributed by atoms with Crippen LogP contribution in [-0.2, 0) is 13.5 Å². The van der Waals surface area contributed by atoms with E-state index in [0.717, 1.165) is 28.8 Å². The van der Waals surface area contributed by atoms with Gasteiger partial charge in [0.25, 0.3) is 0 Å². The molecule has 3 aromatic rings. The zero-order valence-electron chi connectivity index (χ0n) is 12.3. The monoisotopic (exact) mass is 315 g/mol. The van der Waals surface area contributed by atoms with Crippen molar-refractivity contribution in [1.29, 1.82) is 0 Å². The molecule has 1 atom stereocenters.